The molecule has 0 atom stereocenters. The monoisotopic (exact) mass is 357 g/mol. The van der Waals surface area contributed by atoms with E-state index >= 15 is 0 Å². The minimum absolute atomic E-state index is 0.383. The van der Waals surface area contributed by atoms with Crippen LogP contribution in [0.5, 0.6) is 0 Å². The number of hydrogen-bond donors (Lipinski definition) is 2. The summed E-state index contributed by atoms with van der Waals surface area (Å²) in [7, 11) is 0. The molecule has 0 spiro atoms. The molecule has 138 valence electrons. The highest BCUT2D eigenvalue weighted by molar-refractivity contribution is 5.97. The second-order valence-corrected chi connectivity index (χ2v) is 5.94. The first-order valence-corrected chi connectivity index (χ1v) is 8.34. The van der Waals surface area contributed by atoms with Crippen LogP contribution in [0.4, 0.5) is 4.79 Å². The third kappa shape index (κ3) is 4.50. The molecule has 0 fully saturated rings. The van der Waals surface area contributed by atoms with Crippen LogP contribution in [0.2, 0.25) is 0 Å². The van der Waals surface area contributed by atoms with Crippen molar-refractivity contribution in [2.24, 2.45) is 0 Å². The van der Waals surface area contributed by atoms with E-state index in [-0.39, 0.29) is 0 Å². The Bertz CT molecular complexity index is 822. The van der Waals surface area contributed by atoms with E-state index in [0.717, 1.165) is 22.6 Å². The van der Waals surface area contributed by atoms with Crippen molar-refractivity contribution in [3.8, 4) is 5.69 Å². The number of rotatable bonds is 5. The Hall–Kier alpha value is -3.09. The molecular weight excluding hydrogens is 334 g/mol. The molecule has 0 aliphatic heterocycles. The first kappa shape index (κ1) is 19.2. The van der Waals surface area contributed by atoms with Crippen molar-refractivity contribution < 1.29 is 19.1 Å². The van der Waals surface area contributed by atoms with Gasteiger partial charge in [0.15, 0.2) is 6.61 Å². The zero-order valence-electron chi connectivity index (χ0n) is 15.4. The molecule has 2 N–H and O–H groups in total. The summed E-state index contributed by atoms with van der Waals surface area (Å²) in [6.07, 6.45) is 0. The normalized spacial score (nSPS) is 10.3. The molecule has 0 saturated heterocycles. The Kier molecular flexibility index (Phi) is 6.16. The molecule has 1 aromatic heterocycles. The lowest BCUT2D eigenvalue weighted by Crippen LogP contribution is -2.41. The highest BCUT2D eigenvalue weighted by atomic mass is 16.5. The van der Waals surface area contributed by atoms with Crippen LogP contribution in [0.1, 0.15) is 34.2 Å². The summed E-state index contributed by atoms with van der Waals surface area (Å²) in [5, 5.41) is 4.50. The van der Waals surface area contributed by atoms with Crippen molar-refractivity contribution >= 4 is 17.9 Å². The number of aryl methyl sites for hydroxylation is 2. The highest BCUT2D eigenvalue weighted by Gasteiger charge is 2.19. The smallest absolute Gasteiger partial charge is 0.340 e. The number of nitrogens with zero attached hydrogens (tertiary/aromatic N) is 1. The molecular formula is C19H23N3O4. The van der Waals surface area contributed by atoms with Crippen LogP contribution in [-0.2, 0) is 9.53 Å². The summed E-state index contributed by atoms with van der Waals surface area (Å²) in [6, 6.07) is 9.05. The van der Waals surface area contributed by atoms with Gasteiger partial charge in [0.1, 0.15) is 0 Å². The van der Waals surface area contributed by atoms with Gasteiger partial charge in [0.2, 0.25) is 0 Å². The molecule has 0 radical (unpaired) electrons. The quantitative estimate of drug-likeness (QED) is 0.804. The summed E-state index contributed by atoms with van der Waals surface area (Å²) < 4.78 is 6.98. The van der Waals surface area contributed by atoms with Gasteiger partial charge in [0.05, 0.1) is 5.56 Å². The minimum atomic E-state index is -0.684. The Labute approximate surface area is 152 Å². The van der Waals surface area contributed by atoms with Crippen LogP contribution in [0.25, 0.3) is 5.69 Å². The minimum Gasteiger partial charge on any atom is -0.452 e. The van der Waals surface area contributed by atoms with E-state index in [1.54, 1.807) is 13.0 Å². The number of carbonyl (C=O) groups excluding carboxylic acids is 3. The lowest BCUT2D eigenvalue weighted by molar-refractivity contribution is -0.123. The van der Waals surface area contributed by atoms with Crippen LogP contribution < -0.4 is 10.6 Å². The number of imide groups is 1. The molecule has 3 amide bonds. The fourth-order valence-electron chi connectivity index (χ4n) is 2.64. The van der Waals surface area contributed by atoms with Gasteiger partial charge < -0.3 is 14.6 Å². The average Bonchev–Trinajstić information content (AvgIpc) is 2.88. The molecule has 2 aromatic rings. The van der Waals surface area contributed by atoms with Gasteiger partial charge in [-0.25, -0.2) is 9.59 Å². The summed E-state index contributed by atoms with van der Waals surface area (Å²) in [4.78, 5) is 35.2. The van der Waals surface area contributed by atoms with E-state index in [0.29, 0.717) is 12.1 Å². The van der Waals surface area contributed by atoms with Gasteiger partial charge in [0, 0.05) is 23.6 Å². The second kappa shape index (κ2) is 8.33. The van der Waals surface area contributed by atoms with Crippen molar-refractivity contribution in [3.63, 3.8) is 0 Å². The molecule has 7 heteroatoms. The molecule has 0 aliphatic carbocycles. The maximum absolute atomic E-state index is 12.3. The van der Waals surface area contributed by atoms with Gasteiger partial charge in [0.25, 0.3) is 5.91 Å². The first-order valence-electron chi connectivity index (χ1n) is 8.34. The average molecular weight is 357 g/mol. The van der Waals surface area contributed by atoms with Gasteiger partial charge >= 0.3 is 12.0 Å². The van der Waals surface area contributed by atoms with Crippen LogP contribution >= 0.6 is 0 Å². The van der Waals surface area contributed by atoms with Crippen molar-refractivity contribution in [3.05, 3.63) is 52.8 Å². The summed E-state index contributed by atoms with van der Waals surface area (Å²) in [5.74, 6) is -1.29. The molecule has 2 rings (SSSR count). The number of hydrogen-bond acceptors (Lipinski definition) is 4. The Morgan fingerprint density at radius 1 is 1.08 bits per heavy atom. The van der Waals surface area contributed by atoms with E-state index in [2.05, 4.69) is 10.6 Å². The molecule has 0 bridgehead atoms. The number of carbonyl (C=O) groups is 3. The van der Waals surface area contributed by atoms with Crippen molar-refractivity contribution in [2.75, 3.05) is 13.2 Å². The van der Waals surface area contributed by atoms with Gasteiger partial charge in [-0.1, -0.05) is 17.7 Å². The Morgan fingerprint density at radius 3 is 2.35 bits per heavy atom. The van der Waals surface area contributed by atoms with Crippen LogP contribution in [-0.4, -0.2) is 35.6 Å². The summed E-state index contributed by atoms with van der Waals surface area (Å²) >= 11 is 0. The standard InChI is InChI=1S/C19H23N3O4/c1-5-20-19(25)21-17(23)11-26-18(24)16-10-13(3)22(14(16)4)15-8-6-12(2)7-9-15/h6-10H,5,11H2,1-4H3,(H2,20,21,23,25). The molecule has 1 heterocycles. The lowest BCUT2D eigenvalue weighted by atomic mass is 10.2. The van der Waals surface area contributed by atoms with Gasteiger partial charge in [-0.3, -0.25) is 10.1 Å². The van der Waals surface area contributed by atoms with Gasteiger partial charge in [-0.2, -0.15) is 0 Å². The van der Waals surface area contributed by atoms with Crippen LogP contribution in [0.15, 0.2) is 30.3 Å². The predicted molar refractivity (Wildman–Crippen MR) is 97.5 cm³/mol. The number of nitrogens with one attached hydrogen (secondary N) is 2. The molecule has 0 saturated carbocycles. The molecule has 0 aliphatic rings. The molecule has 26 heavy (non-hydrogen) atoms. The summed E-state index contributed by atoms with van der Waals surface area (Å²) in [6.45, 7) is 7.32. The Balaban J connectivity index is 2.08. The van der Waals surface area contributed by atoms with Crippen LogP contribution in [0, 0.1) is 20.8 Å². The third-order valence-corrected chi connectivity index (χ3v) is 3.87. The maximum Gasteiger partial charge on any atom is 0.340 e. The largest absolute Gasteiger partial charge is 0.452 e. The van der Waals surface area contributed by atoms with Crippen molar-refractivity contribution in [1.82, 2.24) is 15.2 Å². The van der Waals surface area contributed by atoms with E-state index in [1.165, 1.54) is 0 Å². The van der Waals surface area contributed by atoms with Gasteiger partial charge in [-0.15, -0.1) is 0 Å². The number of aromatic nitrogens is 1. The number of amides is 3. The van der Waals surface area contributed by atoms with E-state index in [9.17, 15) is 14.4 Å². The predicted octanol–water partition coefficient (Wildman–Crippen LogP) is 2.41. The molecule has 0 unspecified atom stereocenters. The lowest BCUT2D eigenvalue weighted by Gasteiger charge is -2.10. The Morgan fingerprint density at radius 2 is 1.73 bits per heavy atom. The summed E-state index contributed by atoms with van der Waals surface area (Å²) in [5.41, 5.74) is 4.08. The van der Waals surface area contributed by atoms with Crippen molar-refractivity contribution in [2.45, 2.75) is 27.7 Å². The van der Waals surface area contributed by atoms with Crippen molar-refractivity contribution in [1.29, 1.82) is 0 Å². The topological polar surface area (TPSA) is 89.4 Å². The maximum atomic E-state index is 12.3. The zero-order valence-corrected chi connectivity index (χ0v) is 15.4. The highest BCUT2D eigenvalue weighted by Crippen LogP contribution is 2.21. The van der Waals surface area contributed by atoms with E-state index in [1.807, 2.05) is 49.6 Å². The number of urea groups is 1. The van der Waals surface area contributed by atoms with Crippen LogP contribution in [0.3, 0.4) is 0 Å². The molecule has 1 aromatic carbocycles. The third-order valence-electron chi connectivity index (χ3n) is 3.87. The fourth-order valence-corrected chi connectivity index (χ4v) is 2.64. The van der Waals surface area contributed by atoms with E-state index in [4.69, 9.17) is 4.74 Å². The number of ether oxygens (including phenoxy) is 1. The number of esters is 1. The zero-order chi connectivity index (χ0) is 19.3. The fraction of sp³-hybridized carbons (Fsp3) is 0.316. The SMILES string of the molecule is CCNC(=O)NC(=O)COC(=O)c1cc(C)n(-c2ccc(C)cc2)c1C. The first-order chi connectivity index (χ1) is 12.3. The molecule has 7 nitrogen and oxygen atoms in total. The number of benzene rings is 1. The van der Waals surface area contributed by atoms with E-state index < -0.39 is 24.5 Å². The second-order valence-electron chi connectivity index (χ2n) is 5.94. The van der Waals surface area contributed by atoms with Gasteiger partial charge in [-0.05, 0) is 45.9 Å².